The number of carbonyl (C=O) groups excluding carboxylic acids is 1. The summed E-state index contributed by atoms with van der Waals surface area (Å²) >= 11 is 1.66. The second-order valence-corrected chi connectivity index (χ2v) is 6.26. The standard InChI is InChI=1S/C18H21NO2S/c1-12-8-13(2)10-15(9-12)18(21)19-11-17(20)14-4-6-16(22-3)7-5-14/h4-10,17,20H,11H2,1-3H3,(H,19,21). The molecule has 0 aliphatic heterocycles. The van der Waals surface area contributed by atoms with Crippen LogP contribution in [0.15, 0.2) is 47.4 Å². The van der Waals surface area contributed by atoms with E-state index in [0.717, 1.165) is 21.6 Å². The monoisotopic (exact) mass is 315 g/mol. The Morgan fingerprint density at radius 2 is 1.73 bits per heavy atom. The van der Waals surface area contributed by atoms with Crippen molar-refractivity contribution in [3.05, 3.63) is 64.7 Å². The zero-order chi connectivity index (χ0) is 16.1. The van der Waals surface area contributed by atoms with Crippen molar-refractivity contribution in [2.45, 2.75) is 24.8 Å². The normalized spacial score (nSPS) is 12.0. The van der Waals surface area contributed by atoms with Crippen LogP contribution in [0, 0.1) is 13.8 Å². The summed E-state index contributed by atoms with van der Waals surface area (Å²) in [5, 5.41) is 13.0. The molecule has 0 aliphatic rings. The Morgan fingerprint density at radius 1 is 1.14 bits per heavy atom. The predicted octanol–water partition coefficient (Wildman–Crippen LogP) is 3.49. The van der Waals surface area contributed by atoms with E-state index in [1.807, 2.05) is 62.6 Å². The van der Waals surface area contributed by atoms with E-state index in [9.17, 15) is 9.90 Å². The molecule has 4 heteroatoms. The van der Waals surface area contributed by atoms with Gasteiger partial charge in [-0.3, -0.25) is 4.79 Å². The Hall–Kier alpha value is -1.78. The summed E-state index contributed by atoms with van der Waals surface area (Å²) in [5.41, 5.74) is 3.54. The molecule has 2 rings (SSSR count). The number of hydrogen-bond acceptors (Lipinski definition) is 3. The number of carbonyl (C=O) groups is 1. The van der Waals surface area contributed by atoms with Crippen LogP contribution in [0.3, 0.4) is 0 Å². The quantitative estimate of drug-likeness (QED) is 0.830. The lowest BCUT2D eigenvalue weighted by atomic mass is 10.1. The Labute approximate surface area is 135 Å². The molecule has 22 heavy (non-hydrogen) atoms. The van der Waals surface area contributed by atoms with Crippen molar-refractivity contribution in [3.8, 4) is 0 Å². The first kappa shape index (κ1) is 16.6. The molecule has 0 aliphatic carbocycles. The second-order valence-electron chi connectivity index (χ2n) is 5.38. The van der Waals surface area contributed by atoms with Gasteiger partial charge >= 0.3 is 0 Å². The maximum Gasteiger partial charge on any atom is 0.251 e. The molecule has 1 unspecified atom stereocenters. The van der Waals surface area contributed by atoms with Crippen molar-refractivity contribution in [1.29, 1.82) is 0 Å². The average Bonchev–Trinajstić information content (AvgIpc) is 2.51. The van der Waals surface area contributed by atoms with Crippen LogP contribution in [0.5, 0.6) is 0 Å². The van der Waals surface area contributed by atoms with Gasteiger partial charge in [0, 0.05) is 17.0 Å². The van der Waals surface area contributed by atoms with Crippen LogP contribution in [0.4, 0.5) is 0 Å². The number of aliphatic hydroxyl groups is 1. The Morgan fingerprint density at radius 3 is 2.27 bits per heavy atom. The minimum absolute atomic E-state index is 0.161. The lowest BCUT2D eigenvalue weighted by Gasteiger charge is -2.13. The highest BCUT2D eigenvalue weighted by Crippen LogP contribution is 2.19. The third-order valence-electron chi connectivity index (χ3n) is 3.44. The van der Waals surface area contributed by atoms with E-state index >= 15 is 0 Å². The van der Waals surface area contributed by atoms with Crippen LogP contribution < -0.4 is 5.32 Å². The van der Waals surface area contributed by atoms with Crippen LogP contribution in [0.1, 0.15) is 33.2 Å². The number of aryl methyl sites for hydroxylation is 2. The highest BCUT2D eigenvalue weighted by atomic mass is 32.2. The maximum absolute atomic E-state index is 12.2. The molecule has 0 bridgehead atoms. The molecular weight excluding hydrogens is 294 g/mol. The van der Waals surface area contributed by atoms with Crippen molar-refractivity contribution < 1.29 is 9.90 Å². The van der Waals surface area contributed by atoms with Crippen molar-refractivity contribution in [1.82, 2.24) is 5.32 Å². The zero-order valence-electron chi connectivity index (χ0n) is 13.1. The van der Waals surface area contributed by atoms with Gasteiger partial charge in [-0.25, -0.2) is 0 Å². The molecule has 2 aromatic carbocycles. The number of benzene rings is 2. The number of rotatable bonds is 5. The highest BCUT2D eigenvalue weighted by Gasteiger charge is 2.11. The van der Waals surface area contributed by atoms with E-state index in [-0.39, 0.29) is 12.5 Å². The third kappa shape index (κ3) is 4.36. The average molecular weight is 315 g/mol. The lowest BCUT2D eigenvalue weighted by molar-refractivity contribution is 0.0916. The fourth-order valence-corrected chi connectivity index (χ4v) is 2.75. The summed E-state index contributed by atoms with van der Waals surface area (Å²) in [4.78, 5) is 13.3. The number of amides is 1. The maximum atomic E-state index is 12.2. The Kier molecular flexibility index (Phi) is 5.63. The molecule has 0 saturated carbocycles. The fourth-order valence-electron chi connectivity index (χ4n) is 2.34. The van der Waals surface area contributed by atoms with E-state index in [0.29, 0.717) is 5.56 Å². The summed E-state index contributed by atoms with van der Waals surface area (Å²) in [6.07, 6.45) is 1.31. The van der Waals surface area contributed by atoms with Crippen molar-refractivity contribution in [2.24, 2.45) is 0 Å². The molecule has 1 atom stereocenters. The summed E-state index contributed by atoms with van der Waals surface area (Å²) in [6.45, 7) is 4.13. The SMILES string of the molecule is CSc1ccc(C(O)CNC(=O)c2cc(C)cc(C)c2)cc1. The molecule has 2 N–H and O–H groups in total. The zero-order valence-corrected chi connectivity index (χ0v) is 13.9. The molecular formula is C18H21NO2S. The van der Waals surface area contributed by atoms with Crippen LogP contribution in [-0.2, 0) is 0 Å². The summed E-state index contributed by atoms with van der Waals surface area (Å²) in [6, 6.07) is 13.4. The minimum Gasteiger partial charge on any atom is -0.387 e. The van der Waals surface area contributed by atoms with E-state index in [4.69, 9.17) is 0 Å². The molecule has 1 amide bonds. The van der Waals surface area contributed by atoms with Gasteiger partial charge in [-0.15, -0.1) is 11.8 Å². The Bertz CT molecular complexity index is 632. The van der Waals surface area contributed by atoms with Crippen molar-refractivity contribution in [3.63, 3.8) is 0 Å². The summed E-state index contributed by atoms with van der Waals surface area (Å²) in [5.74, 6) is -0.161. The van der Waals surface area contributed by atoms with E-state index in [2.05, 4.69) is 5.32 Å². The van der Waals surface area contributed by atoms with Crippen molar-refractivity contribution in [2.75, 3.05) is 12.8 Å². The third-order valence-corrected chi connectivity index (χ3v) is 4.18. The largest absolute Gasteiger partial charge is 0.387 e. The van der Waals surface area contributed by atoms with E-state index in [1.54, 1.807) is 11.8 Å². The second kappa shape index (κ2) is 7.47. The first-order valence-corrected chi connectivity index (χ1v) is 8.40. The smallest absolute Gasteiger partial charge is 0.251 e. The first-order chi connectivity index (χ1) is 10.5. The van der Waals surface area contributed by atoms with E-state index < -0.39 is 6.10 Å². The van der Waals surface area contributed by atoms with Crippen LogP contribution in [-0.4, -0.2) is 23.8 Å². The molecule has 3 nitrogen and oxygen atoms in total. The number of nitrogens with one attached hydrogen (secondary N) is 1. The number of thioether (sulfide) groups is 1. The highest BCUT2D eigenvalue weighted by molar-refractivity contribution is 7.98. The number of aliphatic hydroxyl groups excluding tert-OH is 1. The van der Waals surface area contributed by atoms with E-state index in [1.165, 1.54) is 0 Å². The molecule has 0 saturated heterocycles. The van der Waals surface area contributed by atoms with Gasteiger partial charge in [-0.2, -0.15) is 0 Å². The van der Waals surface area contributed by atoms with Gasteiger partial charge in [0.1, 0.15) is 0 Å². The molecule has 2 aromatic rings. The lowest BCUT2D eigenvalue weighted by Crippen LogP contribution is -2.28. The van der Waals surface area contributed by atoms with Gasteiger partial charge in [-0.05, 0) is 49.9 Å². The van der Waals surface area contributed by atoms with Gasteiger partial charge in [0.25, 0.3) is 5.91 Å². The minimum atomic E-state index is -0.703. The van der Waals surface area contributed by atoms with Crippen LogP contribution in [0.2, 0.25) is 0 Å². The van der Waals surface area contributed by atoms with Gasteiger partial charge in [-0.1, -0.05) is 29.3 Å². The van der Waals surface area contributed by atoms with Crippen LogP contribution >= 0.6 is 11.8 Å². The fraction of sp³-hybridized carbons (Fsp3) is 0.278. The van der Waals surface area contributed by atoms with Gasteiger partial charge in [0.15, 0.2) is 0 Å². The molecule has 116 valence electrons. The molecule has 0 fully saturated rings. The van der Waals surface area contributed by atoms with Gasteiger partial charge in [0.2, 0.25) is 0 Å². The Balaban J connectivity index is 1.97. The number of hydrogen-bond donors (Lipinski definition) is 2. The summed E-state index contributed by atoms with van der Waals surface area (Å²) in [7, 11) is 0. The van der Waals surface area contributed by atoms with Gasteiger partial charge in [0.05, 0.1) is 6.10 Å². The van der Waals surface area contributed by atoms with Gasteiger partial charge < -0.3 is 10.4 Å². The molecule has 0 heterocycles. The first-order valence-electron chi connectivity index (χ1n) is 7.18. The molecule has 0 radical (unpaired) electrons. The van der Waals surface area contributed by atoms with Crippen molar-refractivity contribution >= 4 is 17.7 Å². The summed E-state index contributed by atoms with van der Waals surface area (Å²) < 4.78 is 0. The van der Waals surface area contributed by atoms with Crippen LogP contribution in [0.25, 0.3) is 0 Å². The predicted molar refractivity (Wildman–Crippen MR) is 91.4 cm³/mol. The molecule has 0 spiro atoms. The topological polar surface area (TPSA) is 49.3 Å². The molecule has 0 aromatic heterocycles.